The molecule has 0 aliphatic heterocycles. The van der Waals surface area contributed by atoms with Gasteiger partial charge in [-0.15, -0.1) is 0 Å². The van der Waals surface area contributed by atoms with E-state index in [9.17, 15) is 0 Å². The quantitative estimate of drug-likeness (QED) is 0.483. The first kappa shape index (κ1) is 14.6. The first-order valence-corrected chi connectivity index (χ1v) is 8.11. The molecule has 0 radical (unpaired) electrons. The number of benzene rings is 3. The minimum atomic E-state index is 0.971. The molecule has 0 amide bonds. The van der Waals surface area contributed by atoms with E-state index < -0.39 is 0 Å². The Hall–Kier alpha value is -3.00. The van der Waals surface area contributed by atoms with Crippen LogP contribution in [0, 0.1) is 13.8 Å². The van der Waals surface area contributed by atoms with Crippen LogP contribution >= 0.6 is 0 Å². The Morgan fingerprint density at radius 1 is 0.667 bits per heavy atom. The molecule has 0 fully saturated rings. The van der Waals surface area contributed by atoms with Crippen LogP contribution in [0.25, 0.3) is 33.3 Å². The van der Waals surface area contributed by atoms with Crippen molar-refractivity contribution >= 4 is 10.9 Å². The molecule has 4 rings (SSSR count). The van der Waals surface area contributed by atoms with E-state index in [-0.39, 0.29) is 0 Å². The third-order valence-corrected chi connectivity index (χ3v) is 4.41. The molecule has 1 aromatic heterocycles. The molecule has 0 aliphatic carbocycles. The molecule has 1 heterocycles. The van der Waals surface area contributed by atoms with Crippen molar-refractivity contribution in [2.75, 3.05) is 0 Å². The molecule has 3 aromatic carbocycles. The van der Waals surface area contributed by atoms with Crippen LogP contribution in [0.5, 0.6) is 0 Å². The van der Waals surface area contributed by atoms with Crippen LogP contribution < -0.4 is 0 Å². The van der Waals surface area contributed by atoms with Crippen molar-refractivity contribution < 1.29 is 0 Å². The number of rotatable bonds is 2. The molecule has 0 atom stereocenters. The summed E-state index contributed by atoms with van der Waals surface area (Å²) < 4.78 is 0. The fourth-order valence-corrected chi connectivity index (χ4v) is 3.18. The fraction of sp³-hybridized carbons (Fsp3) is 0.0909. The van der Waals surface area contributed by atoms with Crippen molar-refractivity contribution in [2.45, 2.75) is 13.8 Å². The highest BCUT2D eigenvalue weighted by molar-refractivity contribution is 5.97. The highest BCUT2D eigenvalue weighted by atomic mass is 14.8. The van der Waals surface area contributed by atoms with Crippen LogP contribution in [0.4, 0.5) is 0 Å². The maximum atomic E-state index is 4.61. The summed E-state index contributed by atoms with van der Waals surface area (Å²) in [6, 6.07) is 23.2. The second kappa shape index (κ2) is 5.89. The molecule has 0 saturated carbocycles. The number of hydrogen-bond donors (Lipinski definition) is 0. The molecule has 2 nitrogen and oxygen atoms in total. The Bertz CT molecular complexity index is 1030. The molecule has 0 aliphatic rings. The first-order chi connectivity index (χ1) is 11.7. The predicted molar refractivity (Wildman–Crippen MR) is 99.9 cm³/mol. The summed E-state index contributed by atoms with van der Waals surface area (Å²) in [6.45, 7) is 4.28. The van der Waals surface area contributed by atoms with Gasteiger partial charge in [0.15, 0.2) is 0 Å². The van der Waals surface area contributed by atoms with Gasteiger partial charge in [-0.3, -0.25) is 0 Å². The Balaban J connectivity index is 2.04. The van der Waals surface area contributed by atoms with Crippen LogP contribution in [-0.4, -0.2) is 9.97 Å². The number of nitrogens with zero attached hydrogens (tertiary/aromatic N) is 2. The summed E-state index contributed by atoms with van der Waals surface area (Å²) in [5, 5.41) is 1.08. The van der Waals surface area contributed by atoms with Crippen LogP contribution in [-0.2, 0) is 0 Å². The number of para-hydroxylation sites is 1. The van der Waals surface area contributed by atoms with E-state index in [0.29, 0.717) is 0 Å². The third-order valence-electron chi connectivity index (χ3n) is 4.41. The molecule has 0 unspecified atom stereocenters. The molecular formula is C22H18N2. The van der Waals surface area contributed by atoms with Crippen molar-refractivity contribution in [3.63, 3.8) is 0 Å². The molecule has 4 aromatic rings. The molecule has 0 spiro atoms. The zero-order valence-corrected chi connectivity index (χ0v) is 13.8. The molecular weight excluding hydrogens is 292 g/mol. The van der Waals surface area contributed by atoms with Gasteiger partial charge < -0.3 is 0 Å². The Kier molecular flexibility index (Phi) is 3.58. The van der Waals surface area contributed by atoms with Crippen LogP contribution in [0.3, 0.4) is 0 Å². The maximum Gasteiger partial charge on any atom is 0.116 e. The van der Waals surface area contributed by atoms with Gasteiger partial charge in [-0.2, -0.15) is 0 Å². The molecule has 0 N–H and O–H groups in total. The average molecular weight is 310 g/mol. The minimum Gasteiger partial charge on any atom is -0.236 e. The van der Waals surface area contributed by atoms with Gasteiger partial charge in [-0.25, -0.2) is 9.97 Å². The van der Waals surface area contributed by atoms with E-state index in [0.717, 1.165) is 22.2 Å². The highest BCUT2D eigenvalue weighted by Gasteiger charge is 2.13. The molecule has 0 bridgehead atoms. The molecule has 0 saturated heterocycles. The van der Waals surface area contributed by atoms with E-state index in [4.69, 9.17) is 0 Å². The van der Waals surface area contributed by atoms with Gasteiger partial charge in [-0.05, 0) is 36.6 Å². The minimum absolute atomic E-state index is 0.971. The number of hydrogen-bond acceptors (Lipinski definition) is 2. The average Bonchev–Trinajstić information content (AvgIpc) is 2.62. The van der Waals surface area contributed by atoms with Crippen molar-refractivity contribution in [3.8, 4) is 22.4 Å². The van der Waals surface area contributed by atoms with Crippen molar-refractivity contribution in [1.29, 1.82) is 0 Å². The summed E-state index contributed by atoms with van der Waals surface area (Å²) in [5.74, 6) is 0. The van der Waals surface area contributed by atoms with Crippen molar-refractivity contribution in [2.24, 2.45) is 0 Å². The van der Waals surface area contributed by atoms with Crippen molar-refractivity contribution in [1.82, 2.24) is 9.97 Å². The SMILES string of the molecule is Cc1ccc(-c2ncnc3ccccc23)c(-c2ccccc2C)c1. The van der Waals surface area contributed by atoms with Crippen molar-refractivity contribution in [3.05, 3.63) is 84.2 Å². The standard InChI is InChI=1S/C22H18N2/c1-15-11-12-18(20(13-15)17-8-4-3-7-16(17)2)22-19-9-5-6-10-21(19)23-14-24-22/h3-14H,1-2H3. The fourth-order valence-electron chi connectivity index (χ4n) is 3.18. The summed E-state index contributed by atoms with van der Waals surface area (Å²) in [5.41, 5.74) is 8.08. The number of aromatic nitrogens is 2. The summed E-state index contributed by atoms with van der Waals surface area (Å²) in [7, 11) is 0. The lowest BCUT2D eigenvalue weighted by atomic mass is 9.92. The molecule has 24 heavy (non-hydrogen) atoms. The monoisotopic (exact) mass is 310 g/mol. The molecule has 116 valence electrons. The highest BCUT2D eigenvalue weighted by Crippen LogP contribution is 2.36. The largest absolute Gasteiger partial charge is 0.236 e. The van der Waals surface area contributed by atoms with Gasteiger partial charge in [0, 0.05) is 10.9 Å². The normalized spacial score (nSPS) is 10.9. The molecule has 2 heteroatoms. The Morgan fingerprint density at radius 3 is 2.33 bits per heavy atom. The van der Waals surface area contributed by atoms with Crippen LogP contribution in [0.1, 0.15) is 11.1 Å². The summed E-state index contributed by atoms with van der Waals surface area (Å²) in [6.07, 6.45) is 1.65. The predicted octanol–water partition coefficient (Wildman–Crippen LogP) is 5.58. The van der Waals surface area contributed by atoms with E-state index in [1.807, 2.05) is 18.2 Å². The lowest BCUT2D eigenvalue weighted by Crippen LogP contribution is -1.93. The second-order valence-electron chi connectivity index (χ2n) is 6.10. The summed E-state index contributed by atoms with van der Waals surface area (Å²) >= 11 is 0. The second-order valence-corrected chi connectivity index (χ2v) is 6.10. The lowest BCUT2D eigenvalue weighted by Gasteiger charge is -2.14. The zero-order chi connectivity index (χ0) is 16.5. The van der Waals surface area contributed by atoms with Crippen LogP contribution in [0.15, 0.2) is 73.1 Å². The van der Waals surface area contributed by atoms with Crippen LogP contribution in [0.2, 0.25) is 0 Å². The third kappa shape index (κ3) is 2.46. The van der Waals surface area contributed by atoms with E-state index in [1.54, 1.807) is 6.33 Å². The maximum absolute atomic E-state index is 4.61. The topological polar surface area (TPSA) is 25.8 Å². The van der Waals surface area contributed by atoms with Gasteiger partial charge in [0.25, 0.3) is 0 Å². The Labute approximate surface area is 141 Å². The van der Waals surface area contributed by atoms with E-state index in [2.05, 4.69) is 72.3 Å². The van der Waals surface area contributed by atoms with Gasteiger partial charge in [0.1, 0.15) is 6.33 Å². The smallest absolute Gasteiger partial charge is 0.116 e. The van der Waals surface area contributed by atoms with Gasteiger partial charge in [0.05, 0.1) is 11.2 Å². The number of aryl methyl sites for hydroxylation is 2. The van der Waals surface area contributed by atoms with Gasteiger partial charge in [-0.1, -0.05) is 66.2 Å². The first-order valence-electron chi connectivity index (χ1n) is 8.11. The van der Waals surface area contributed by atoms with Gasteiger partial charge >= 0.3 is 0 Å². The van der Waals surface area contributed by atoms with Gasteiger partial charge in [0.2, 0.25) is 0 Å². The van der Waals surface area contributed by atoms with E-state index in [1.165, 1.54) is 22.3 Å². The zero-order valence-electron chi connectivity index (χ0n) is 13.8. The summed E-state index contributed by atoms with van der Waals surface area (Å²) in [4.78, 5) is 9.01. The lowest BCUT2D eigenvalue weighted by molar-refractivity contribution is 1.22. The number of fused-ring (bicyclic) bond motifs is 1. The Morgan fingerprint density at radius 2 is 1.46 bits per heavy atom. The van der Waals surface area contributed by atoms with E-state index >= 15 is 0 Å².